The normalized spacial score (nSPS) is 11.4. The minimum Gasteiger partial charge on any atom is -0.455 e. The highest BCUT2D eigenvalue weighted by molar-refractivity contribution is 8.00. The summed E-state index contributed by atoms with van der Waals surface area (Å²) in [6, 6.07) is 4.92. The quantitative estimate of drug-likeness (QED) is 0.609. The summed E-state index contributed by atoms with van der Waals surface area (Å²) in [7, 11) is 0. The van der Waals surface area contributed by atoms with Crippen LogP contribution in [0.25, 0.3) is 0 Å². The number of carbonyl (C=O) groups excluding carboxylic acids is 1. The van der Waals surface area contributed by atoms with Crippen molar-refractivity contribution < 1.29 is 22.7 Å². The summed E-state index contributed by atoms with van der Waals surface area (Å²) < 4.78 is 45.3. The Labute approximate surface area is 130 Å². The zero-order valence-electron chi connectivity index (χ0n) is 10.1. The molecular formula is C11H6ClF3N2O2S2. The second-order valence-electron chi connectivity index (χ2n) is 3.64. The lowest BCUT2D eigenvalue weighted by atomic mass is 10.2. The van der Waals surface area contributed by atoms with Gasteiger partial charge in [0.15, 0.2) is 0 Å². The molecule has 1 aromatic carbocycles. The molecule has 2 rings (SSSR count). The molecule has 112 valence electrons. The molecule has 1 aromatic heterocycles. The standard InChI is InChI=1S/C11H6ClF3N2O2S2/c12-9-8(16-17-21-9)5-19-10(18)6-1-3-7(4-2-6)20-11(13,14)15/h1-4H,5H2. The lowest BCUT2D eigenvalue weighted by Crippen LogP contribution is -2.06. The Balaban J connectivity index is 1.95. The van der Waals surface area contributed by atoms with Crippen molar-refractivity contribution >= 4 is 40.9 Å². The number of hydrogen-bond donors (Lipinski definition) is 0. The third kappa shape index (κ3) is 4.87. The molecule has 0 saturated carbocycles. The van der Waals surface area contributed by atoms with Gasteiger partial charge in [-0.2, -0.15) is 13.2 Å². The number of nitrogens with zero attached hydrogens (tertiary/aromatic N) is 2. The van der Waals surface area contributed by atoms with Crippen molar-refractivity contribution in [3.63, 3.8) is 0 Å². The SMILES string of the molecule is O=C(OCc1nnsc1Cl)c1ccc(SC(F)(F)F)cc1. The Bertz CT molecular complexity index is 631. The van der Waals surface area contributed by atoms with Crippen LogP contribution in [0.5, 0.6) is 0 Å². The van der Waals surface area contributed by atoms with E-state index >= 15 is 0 Å². The van der Waals surface area contributed by atoms with Crippen LogP contribution in [0.4, 0.5) is 13.2 Å². The molecule has 21 heavy (non-hydrogen) atoms. The van der Waals surface area contributed by atoms with Crippen LogP contribution in [0.1, 0.15) is 16.1 Å². The van der Waals surface area contributed by atoms with Gasteiger partial charge in [-0.1, -0.05) is 16.1 Å². The number of esters is 1. The predicted octanol–water partition coefficient (Wildman–Crippen LogP) is 4.16. The molecule has 1 heterocycles. The highest BCUT2D eigenvalue weighted by atomic mass is 35.5. The molecular weight excluding hydrogens is 349 g/mol. The molecule has 0 unspecified atom stereocenters. The molecule has 0 aliphatic rings. The van der Waals surface area contributed by atoms with Crippen LogP contribution in [-0.2, 0) is 11.3 Å². The van der Waals surface area contributed by atoms with Crippen molar-refractivity contribution in [2.75, 3.05) is 0 Å². The molecule has 0 aliphatic carbocycles. The summed E-state index contributed by atoms with van der Waals surface area (Å²) in [5.41, 5.74) is -3.89. The molecule has 0 atom stereocenters. The first-order valence-corrected chi connectivity index (χ1v) is 7.31. The van der Waals surface area contributed by atoms with Gasteiger partial charge in [-0.15, -0.1) is 5.10 Å². The van der Waals surface area contributed by atoms with Crippen LogP contribution in [0.2, 0.25) is 4.34 Å². The van der Waals surface area contributed by atoms with Gasteiger partial charge in [0, 0.05) is 16.4 Å². The molecule has 0 bridgehead atoms. The van der Waals surface area contributed by atoms with Crippen molar-refractivity contribution in [2.24, 2.45) is 0 Å². The van der Waals surface area contributed by atoms with Gasteiger partial charge in [0.25, 0.3) is 0 Å². The first kappa shape index (κ1) is 16.1. The first-order valence-electron chi connectivity index (χ1n) is 5.35. The number of aromatic nitrogens is 2. The summed E-state index contributed by atoms with van der Waals surface area (Å²) in [6.07, 6.45) is 0. The Morgan fingerprint density at radius 1 is 1.33 bits per heavy atom. The van der Waals surface area contributed by atoms with Crippen LogP contribution in [0.3, 0.4) is 0 Å². The molecule has 0 aliphatic heterocycles. The zero-order valence-corrected chi connectivity index (χ0v) is 12.4. The maximum atomic E-state index is 12.2. The van der Waals surface area contributed by atoms with Gasteiger partial charge >= 0.3 is 11.5 Å². The Morgan fingerprint density at radius 3 is 2.52 bits per heavy atom. The average Bonchev–Trinajstić information content (AvgIpc) is 2.80. The predicted molar refractivity (Wildman–Crippen MR) is 72.4 cm³/mol. The van der Waals surface area contributed by atoms with Crippen LogP contribution >= 0.6 is 34.9 Å². The van der Waals surface area contributed by atoms with Gasteiger partial charge in [0.2, 0.25) is 0 Å². The number of halogens is 4. The summed E-state index contributed by atoms with van der Waals surface area (Å²) >= 11 is 6.46. The highest BCUT2D eigenvalue weighted by Gasteiger charge is 2.29. The maximum absolute atomic E-state index is 12.2. The van der Waals surface area contributed by atoms with Gasteiger partial charge < -0.3 is 4.74 Å². The third-order valence-corrected chi connectivity index (χ3v) is 3.90. The topological polar surface area (TPSA) is 52.1 Å². The van der Waals surface area contributed by atoms with E-state index in [-0.39, 0.29) is 28.8 Å². The van der Waals surface area contributed by atoms with E-state index in [0.29, 0.717) is 10.0 Å². The first-order chi connectivity index (χ1) is 9.85. The van der Waals surface area contributed by atoms with Crippen LogP contribution in [0.15, 0.2) is 29.2 Å². The van der Waals surface area contributed by atoms with E-state index in [0.717, 1.165) is 11.5 Å². The molecule has 10 heteroatoms. The number of ether oxygens (including phenoxy) is 1. The number of hydrogen-bond acceptors (Lipinski definition) is 6. The number of benzene rings is 1. The Morgan fingerprint density at radius 2 is 2.00 bits per heavy atom. The average molecular weight is 355 g/mol. The molecule has 4 nitrogen and oxygen atoms in total. The summed E-state index contributed by atoms with van der Waals surface area (Å²) in [4.78, 5) is 11.7. The van der Waals surface area contributed by atoms with Crippen molar-refractivity contribution in [1.29, 1.82) is 0 Å². The van der Waals surface area contributed by atoms with Crippen molar-refractivity contribution in [3.8, 4) is 0 Å². The lowest BCUT2D eigenvalue weighted by Gasteiger charge is -2.06. The lowest BCUT2D eigenvalue weighted by molar-refractivity contribution is -0.0328. The summed E-state index contributed by atoms with van der Waals surface area (Å²) in [6.45, 7) is -0.146. The fourth-order valence-corrected chi connectivity index (χ4v) is 2.43. The number of carbonyl (C=O) groups is 1. The fourth-order valence-electron chi connectivity index (χ4n) is 1.29. The number of alkyl halides is 3. The van der Waals surface area contributed by atoms with Gasteiger partial charge in [0.1, 0.15) is 16.6 Å². The number of thioether (sulfide) groups is 1. The molecule has 0 saturated heterocycles. The summed E-state index contributed by atoms with van der Waals surface area (Å²) in [5, 5.41) is 3.67. The van der Waals surface area contributed by atoms with Gasteiger partial charge in [-0.05, 0) is 36.0 Å². The van der Waals surface area contributed by atoms with E-state index in [1.165, 1.54) is 24.3 Å². The minimum atomic E-state index is -4.36. The van der Waals surface area contributed by atoms with Gasteiger partial charge in [0.05, 0.1) is 5.56 Å². The second kappa shape index (κ2) is 6.63. The molecule has 0 radical (unpaired) electrons. The smallest absolute Gasteiger partial charge is 0.446 e. The minimum absolute atomic E-state index is 0.00852. The van der Waals surface area contributed by atoms with E-state index in [1.54, 1.807) is 0 Å². The highest BCUT2D eigenvalue weighted by Crippen LogP contribution is 2.36. The van der Waals surface area contributed by atoms with Crippen molar-refractivity contribution in [1.82, 2.24) is 9.59 Å². The monoisotopic (exact) mass is 354 g/mol. The van der Waals surface area contributed by atoms with E-state index in [1.807, 2.05) is 0 Å². The second-order valence-corrected chi connectivity index (χ2v) is 6.14. The molecule has 0 N–H and O–H groups in total. The Hall–Kier alpha value is -1.32. The zero-order chi connectivity index (χ0) is 15.5. The van der Waals surface area contributed by atoms with Crippen LogP contribution < -0.4 is 0 Å². The van der Waals surface area contributed by atoms with Crippen molar-refractivity contribution in [2.45, 2.75) is 17.0 Å². The van der Waals surface area contributed by atoms with E-state index in [4.69, 9.17) is 16.3 Å². The maximum Gasteiger partial charge on any atom is 0.446 e. The molecule has 2 aromatic rings. The number of rotatable bonds is 4. The van der Waals surface area contributed by atoms with Crippen molar-refractivity contribution in [3.05, 3.63) is 39.9 Å². The van der Waals surface area contributed by atoms with Gasteiger partial charge in [-0.25, -0.2) is 4.79 Å². The van der Waals surface area contributed by atoms with E-state index < -0.39 is 11.5 Å². The molecule has 0 spiro atoms. The molecule has 0 fully saturated rings. The van der Waals surface area contributed by atoms with E-state index in [9.17, 15) is 18.0 Å². The largest absolute Gasteiger partial charge is 0.455 e. The van der Waals surface area contributed by atoms with Gasteiger partial charge in [-0.3, -0.25) is 0 Å². The molecule has 0 amide bonds. The summed E-state index contributed by atoms with van der Waals surface area (Å²) in [5.74, 6) is -0.678. The van der Waals surface area contributed by atoms with Crippen LogP contribution in [0, 0.1) is 0 Å². The van der Waals surface area contributed by atoms with Crippen LogP contribution in [-0.4, -0.2) is 21.1 Å². The Kier molecular flexibility index (Phi) is 5.07. The fraction of sp³-hybridized carbons (Fsp3) is 0.182. The third-order valence-electron chi connectivity index (χ3n) is 2.17. The van der Waals surface area contributed by atoms with E-state index in [2.05, 4.69) is 9.59 Å².